The van der Waals surface area contributed by atoms with Gasteiger partial charge in [0.15, 0.2) is 5.65 Å². The van der Waals surface area contributed by atoms with Gasteiger partial charge in [-0.25, -0.2) is 14.1 Å². The molecule has 8 heteroatoms. The number of benzene rings is 2. The number of rotatable bonds is 5. The third kappa shape index (κ3) is 3.91. The van der Waals surface area contributed by atoms with Crippen molar-refractivity contribution in [1.29, 1.82) is 0 Å². The maximum absolute atomic E-state index is 13.1. The zero-order valence-corrected chi connectivity index (χ0v) is 15.7. The maximum Gasteiger partial charge on any atom is 0.264 e. The largest absolute Gasteiger partial charge is 0.326 e. The van der Waals surface area contributed by atoms with Crippen LogP contribution in [0.4, 0.5) is 10.1 Å². The van der Waals surface area contributed by atoms with Gasteiger partial charge in [-0.05, 0) is 43.3 Å². The minimum Gasteiger partial charge on any atom is -0.326 e. The van der Waals surface area contributed by atoms with Gasteiger partial charge in [-0.3, -0.25) is 14.2 Å². The Kier molecular flexibility index (Phi) is 4.90. The summed E-state index contributed by atoms with van der Waals surface area (Å²) in [5, 5.41) is 7.33. The maximum atomic E-state index is 13.1. The number of carbonyl (C=O) groups is 1. The summed E-state index contributed by atoms with van der Waals surface area (Å²) >= 11 is 0. The van der Waals surface area contributed by atoms with E-state index in [1.165, 1.54) is 33.9 Å². The first-order valence-corrected chi connectivity index (χ1v) is 9.07. The Labute approximate surface area is 165 Å². The Hall–Kier alpha value is -3.81. The molecule has 146 valence electrons. The summed E-state index contributed by atoms with van der Waals surface area (Å²) in [6, 6.07) is 13.2. The topological polar surface area (TPSA) is 81.8 Å². The van der Waals surface area contributed by atoms with Crippen LogP contribution in [0.15, 0.2) is 65.8 Å². The minimum absolute atomic E-state index is 0.132. The summed E-state index contributed by atoms with van der Waals surface area (Å²) in [5.74, 6) is -0.549. The SMILES string of the molecule is Cc1ccc(NC(=O)CCn2cnc3c(cnn3-c3ccc(F)cc3)c2=O)cc1. The number of carbonyl (C=O) groups excluding carboxylic acids is 1. The highest BCUT2D eigenvalue weighted by atomic mass is 19.1. The molecule has 4 aromatic rings. The van der Waals surface area contributed by atoms with E-state index in [0.29, 0.717) is 22.4 Å². The second-order valence-corrected chi connectivity index (χ2v) is 6.68. The van der Waals surface area contributed by atoms with E-state index >= 15 is 0 Å². The van der Waals surface area contributed by atoms with Crippen LogP contribution in [0.3, 0.4) is 0 Å². The zero-order valence-electron chi connectivity index (χ0n) is 15.7. The number of amides is 1. The van der Waals surface area contributed by atoms with Gasteiger partial charge in [-0.2, -0.15) is 5.10 Å². The highest BCUT2D eigenvalue weighted by Gasteiger charge is 2.12. The zero-order chi connectivity index (χ0) is 20.4. The molecule has 29 heavy (non-hydrogen) atoms. The number of hydrogen-bond donors (Lipinski definition) is 1. The Balaban J connectivity index is 1.51. The fourth-order valence-corrected chi connectivity index (χ4v) is 2.96. The van der Waals surface area contributed by atoms with Crippen molar-refractivity contribution >= 4 is 22.6 Å². The third-order valence-electron chi connectivity index (χ3n) is 4.54. The normalized spacial score (nSPS) is 11.0. The summed E-state index contributed by atoms with van der Waals surface area (Å²) in [6.45, 7) is 2.17. The number of aromatic nitrogens is 4. The molecule has 7 nitrogen and oxygen atoms in total. The number of hydrogen-bond acceptors (Lipinski definition) is 4. The second-order valence-electron chi connectivity index (χ2n) is 6.68. The predicted molar refractivity (Wildman–Crippen MR) is 108 cm³/mol. The number of nitrogens with zero attached hydrogens (tertiary/aromatic N) is 4. The molecule has 2 aromatic carbocycles. The molecule has 0 saturated heterocycles. The van der Waals surface area contributed by atoms with Crippen LogP contribution in [0.1, 0.15) is 12.0 Å². The van der Waals surface area contributed by atoms with Crippen LogP contribution in [0.5, 0.6) is 0 Å². The summed E-state index contributed by atoms with van der Waals surface area (Å²) in [4.78, 5) is 29.2. The van der Waals surface area contributed by atoms with Crippen LogP contribution < -0.4 is 10.9 Å². The standard InChI is InChI=1S/C21H18FN5O2/c1-14-2-6-16(7-3-14)25-19(28)10-11-26-13-23-20-18(21(26)29)12-24-27(20)17-8-4-15(22)5-9-17/h2-9,12-13H,10-11H2,1H3,(H,25,28). The van der Waals surface area contributed by atoms with Gasteiger partial charge in [0, 0.05) is 18.7 Å². The van der Waals surface area contributed by atoms with Crippen molar-refractivity contribution in [3.05, 3.63) is 82.8 Å². The van der Waals surface area contributed by atoms with Gasteiger partial charge in [0.25, 0.3) is 5.56 Å². The predicted octanol–water partition coefficient (Wildman–Crippen LogP) is 3.06. The lowest BCUT2D eigenvalue weighted by Crippen LogP contribution is -2.23. The Morgan fingerprint density at radius 2 is 1.83 bits per heavy atom. The monoisotopic (exact) mass is 391 g/mol. The van der Waals surface area contributed by atoms with Crippen molar-refractivity contribution in [2.75, 3.05) is 5.32 Å². The van der Waals surface area contributed by atoms with Crippen LogP contribution in [0.25, 0.3) is 16.7 Å². The second kappa shape index (κ2) is 7.67. The summed E-state index contributed by atoms with van der Waals surface area (Å²) in [6.07, 6.45) is 2.95. The molecule has 1 N–H and O–H groups in total. The van der Waals surface area contributed by atoms with E-state index in [1.807, 2.05) is 31.2 Å². The summed E-state index contributed by atoms with van der Waals surface area (Å²) < 4.78 is 16.0. The lowest BCUT2D eigenvalue weighted by molar-refractivity contribution is -0.116. The number of fused-ring (bicyclic) bond motifs is 1. The first-order valence-electron chi connectivity index (χ1n) is 9.07. The molecule has 0 radical (unpaired) electrons. The van der Waals surface area contributed by atoms with Crippen LogP contribution in [0, 0.1) is 12.7 Å². The fraction of sp³-hybridized carbons (Fsp3) is 0.143. The molecule has 0 bridgehead atoms. The van der Waals surface area contributed by atoms with Crippen molar-refractivity contribution < 1.29 is 9.18 Å². The van der Waals surface area contributed by atoms with Crippen LogP contribution in [-0.4, -0.2) is 25.2 Å². The van der Waals surface area contributed by atoms with E-state index in [0.717, 1.165) is 5.56 Å². The summed E-state index contributed by atoms with van der Waals surface area (Å²) in [7, 11) is 0. The number of anilines is 1. The van der Waals surface area contributed by atoms with E-state index in [-0.39, 0.29) is 30.2 Å². The molecule has 0 aliphatic heterocycles. The first-order chi connectivity index (χ1) is 14.0. The molecular weight excluding hydrogens is 373 g/mol. The van der Waals surface area contributed by atoms with E-state index in [2.05, 4.69) is 15.4 Å². The lowest BCUT2D eigenvalue weighted by Gasteiger charge is -2.08. The van der Waals surface area contributed by atoms with E-state index < -0.39 is 0 Å². The molecular formula is C21H18FN5O2. The van der Waals surface area contributed by atoms with E-state index in [1.54, 1.807) is 12.1 Å². The molecule has 0 atom stereocenters. The van der Waals surface area contributed by atoms with Gasteiger partial charge < -0.3 is 5.32 Å². The van der Waals surface area contributed by atoms with Crippen LogP contribution in [-0.2, 0) is 11.3 Å². The minimum atomic E-state index is -0.357. The van der Waals surface area contributed by atoms with Crippen LogP contribution in [0.2, 0.25) is 0 Å². The highest BCUT2D eigenvalue weighted by Crippen LogP contribution is 2.14. The smallest absolute Gasteiger partial charge is 0.264 e. The molecule has 2 heterocycles. The van der Waals surface area contributed by atoms with E-state index in [4.69, 9.17) is 0 Å². The molecule has 0 unspecified atom stereocenters. The van der Waals surface area contributed by atoms with Gasteiger partial charge in [0.2, 0.25) is 5.91 Å². The third-order valence-corrected chi connectivity index (χ3v) is 4.54. The molecule has 0 saturated carbocycles. The number of halogens is 1. The molecule has 2 aromatic heterocycles. The number of aryl methyl sites for hydroxylation is 2. The Bertz CT molecular complexity index is 1230. The Morgan fingerprint density at radius 3 is 2.55 bits per heavy atom. The van der Waals surface area contributed by atoms with Crippen molar-refractivity contribution in [2.24, 2.45) is 0 Å². The average Bonchev–Trinajstić information content (AvgIpc) is 3.15. The highest BCUT2D eigenvalue weighted by molar-refractivity contribution is 5.90. The van der Waals surface area contributed by atoms with Gasteiger partial charge in [0.1, 0.15) is 11.2 Å². The van der Waals surface area contributed by atoms with Crippen LogP contribution >= 0.6 is 0 Å². The molecule has 0 fully saturated rings. The Morgan fingerprint density at radius 1 is 1.10 bits per heavy atom. The molecule has 0 aliphatic carbocycles. The average molecular weight is 391 g/mol. The molecule has 4 rings (SSSR count). The van der Waals surface area contributed by atoms with Gasteiger partial charge in [-0.15, -0.1) is 0 Å². The van der Waals surface area contributed by atoms with Crippen molar-refractivity contribution in [1.82, 2.24) is 19.3 Å². The van der Waals surface area contributed by atoms with Crippen molar-refractivity contribution in [3.63, 3.8) is 0 Å². The van der Waals surface area contributed by atoms with Crippen molar-refractivity contribution in [2.45, 2.75) is 19.9 Å². The van der Waals surface area contributed by atoms with E-state index in [9.17, 15) is 14.0 Å². The number of nitrogens with one attached hydrogen (secondary N) is 1. The lowest BCUT2D eigenvalue weighted by atomic mass is 10.2. The molecule has 1 amide bonds. The quantitative estimate of drug-likeness (QED) is 0.567. The first kappa shape index (κ1) is 18.5. The van der Waals surface area contributed by atoms with Gasteiger partial charge in [0.05, 0.1) is 18.2 Å². The molecule has 0 aliphatic rings. The fourth-order valence-electron chi connectivity index (χ4n) is 2.96. The molecule has 0 spiro atoms. The summed E-state index contributed by atoms with van der Waals surface area (Å²) in [5.41, 5.74) is 2.51. The van der Waals surface area contributed by atoms with Crippen molar-refractivity contribution in [3.8, 4) is 5.69 Å². The van der Waals surface area contributed by atoms with Gasteiger partial charge in [-0.1, -0.05) is 17.7 Å². The van der Waals surface area contributed by atoms with Gasteiger partial charge >= 0.3 is 0 Å².